The summed E-state index contributed by atoms with van der Waals surface area (Å²) in [4.78, 5) is 8.45. The highest BCUT2D eigenvalue weighted by molar-refractivity contribution is 7.92. The molecule has 1 aliphatic heterocycles. The molecule has 0 unspecified atom stereocenters. The van der Waals surface area contributed by atoms with Crippen LogP contribution in [0.4, 0.5) is 5.69 Å². The first-order chi connectivity index (χ1) is 15.1. The van der Waals surface area contributed by atoms with Gasteiger partial charge in [0.2, 0.25) is 5.88 Å². The molecule has 0 spiro atoms. The topological polar surface area (TPSA) is 108 Å². The third kappa shape index (κ3) is 4.05. The summed E-state index contributed by atoms with van der Waals surface area (Å²) in [6.07, 6.45) is 5.51. The van der Waals surface area contributed by atoms with Gasteiger partial charge in [-0.15, -0.1) is 0 Å². The highest BCUT2D eigenvalue weighted by Gasteiger charge is 2.19. The number of hydrogen-bond acceptors (Lipinski definition) is 7. The fraction of sp³-hybridized carbons (Fsp3) is 0.0952. The van der Waals surface area contributed by atoms with Gasteiger partial charge in [0.15, 0.2) is 5.82 Å². The maximum absolute atomic E-state index is 12.7. The van der Waals surface area contributed by atoms with Crippen LogP contribution in [0, 0.1) is 0 Å². The fourth-order valence-electron chi connectivity index (χ4n) is 3.17. The molecule has 31 heavy (non-hydrogen) atoms. The van der Waals surface area contributed by atoms with Gasteiger partial charge >= 0.3 is 0 Å². The molecule has 3 heterocycles. The Hall–Kier alpha value is -3.92. The molecule has 0 saturated carbocycles. The molecule has 4 aromatic rings. The Balaban J connectivity index is 1.30. The summed E-state index contributed by atoms with van der Waals surface area (Å²) in [7, 11) is -3.71. The predicted molar refractivity (Wildman–Crippen MR) is 112 cm³/mol. The van der Waals surface area contributed by atoms with E-state index in [0.717, 1.165) is 11.3 Å². The van der Waals surface area contributed by atoms with Gasteiger partial charge < -0.3 is 9.47 Å². The number of hydrogen-bond donors (Lipinski definition) is 1. The summed E-state index contributed by atoms with van der Waals surface area (Å²) in [6, 6.07) is 14.9. The minimum absolute atomic E-state index is 0.198. The van der Waals surface area contributed by atoms with Crippen LogP contribution >= 0.6 is 0 Å². The highest BCUT2D eigenvalue weighted by atomic mass is 32.2. The number of anilines is 1. The van der Waals surface area contributed by atoms with Crippen molar-refractivity contribution in [3.05, 3.63) is 78.9 Å². The zero-order chi connectivity index (χ0) is 21.3. The van der Waals surface area contributed by atoms with Crippen molar-refractivity contribution < 1.29 is 17.9 Å². The molecule has 0 bridgehead atoms. The summed E-state index contributed by atoms with van der Waals surface area (Å²) in [5.74, 6) is 2.15. The molecule has 1 aliphatic rings. The largest absolute Gasteiger partial charge is 0.493 e. The van der Waals surface area contributed by atoms with Gasteiger partial charge in [-0.3, -0.25) is 4.72 Å². The molecule has 0 atom stereocenters. The van der Waals surface area contributed by atoms with E-state index >= 15 is 0 Å². The van der Waals surface area contributed by atoms with Crippen molar-refractivity contribution >= 4 is 15.7 Å². The van der Waals surface area contributed by atoms with Crippen molar-refractivity contribution in [3.8, 4) is 23.2 Å². The van der Waals surface area contributed by atoms with Crippen molar-refractivity contribution in [3.63, 3.8) is 0 Å². The molecule has 0 radical (unpaired) electrons. The van der Waals surface area contributed by atoms with Crippen molar-refractivity contribution in [2.75, 3.05) is 11.3 Å². The smallest absolute Gasteiger partial charge is 0.261 e. The van der Waals surface area contributed by atoms with Crippen LogP contribution in [0.1, 0.15) is 5.56 Å². The van der Waals surface area contributed by atoms with Gasteiger partial charge in [-0.2, -0.15) is 5.10 Å². The lowest BCUT2D eigenvalue weighted by molar-refractivity contribution is 0.356. The van der Waals surface area contributed by atoms with Gasteiger partial charge in [-0.05, 0) is 54.1 Å². The van der Waals surface area contributed by atoms with E-state index in [1.807, 2.05) is 0 Å². The molecule has 9 nitrogen and oxygen atoms in total. The number of aromatic nitrogens is 4. The summed E-state index contributed by atoms with van der Waals surface area (Å²) < 4.78 is 40.8. The second-order valence-corrected chi connectivity index (χ2v) is 8.45. The van der Waals surface area contributed by atoms with Gasteiger partial charge in [-0.25, -0.2) is 23.1 Å². The molecular formula is C21H17N5O4S. The summed E-state index contributed by atoms with van der Waals surface area (Å²) in [6.45, 7) is 0.573. The Morgan fingerprint density at radius 2 is 1.94 bits per heavy atom. The van der Waals surface area contributed by atoms with Crippen molar-refractivity contribution in [2.24, 2.45) is 0 Å². The van der Waals surface area contributed by atoms with Gasteiger partial charge in [-0.1, -0.05) is 0 Å². The van der Waals surface area contributed by atoms with Crippen LogP contribution in [0.3, 0.4) is 0 Å². The van der Waals surface area contributed by atoms with Crippen LogP contribution in [-0.2, 0) is 16.4 Å². The molecular weight excluding hydrogens is 418 g/mol. The average Bonchev–Trinajstić information content (AvgIpc) is 3.47. The fourth-order valence-corrected chi connectivity index (χ4v) is 4.28. The molecule has 1 N–H and O–H groups in total. The molecule has 2 aromatic carbocycles. The summed E-state index contributed by atoms with van der Waals surface area (Å²) >= 11 is 0. The van der Waals surface area contributed by atoms with Crippen molar-refractivity contribution in [2.45, 2.75) is 11.3 Å². The molecule has 156 valence electrons. The first kappa shape index (κ1) is 19.1. The van der Waals surface area contributed by atoms with E-state index in [9.17, 15) is 8.42 Å². The maximum Gasteiger partial charge on any atom is 0.261 e. The predicted octanol–water partition coefficient (Wildman–Crippen LogP) is 3.19. The monoisotopic (exact) mass is 435 g/mol. The number of ether oxygens (including phenoxy) is 2. The third-order valence-corrected chi connectivity index (χ3v) is 6.05. The standard InChI is InChI=1S/C21H17N5O4S/c27-31(28,18-6-7-19-15(12-18)8-11-29-19)25-16-2-4-17(5-3-16)30-21-13-20(22-14-23-21)26-10-1-9-24-26/h1-7,9-10,12-14,25H,8,11H2. The number of sulfonamides is 1. The number of rotatable bonds is 6. The zero-order valence-electron chi connectivity index (χ0n) is 16.2. The van der Waals surface area contributed by atoms with Crippen LogP contribution in [0.15, 0.2) is 78.2 Å². The van der Waals surface area contributed by atoms with Gasteiger partial charge in [0.25, 0.3) is 10.0 Å². The third-order valence-electron chi connectivity index (χ3n) is 4.67. The van der Waals surface area contributed by atoms with Crippen molar-refractivity contribution in [1.29, 1.82) is 0 Å². The van der Waals surface area contributed by atoms with Gasteiger partial charge in [0, 0.05) is 30.6 Å². The number of fused-ring (bicyclic) bond motifs is 1. The Labute approximate surface area is 178 Å². The van der Waals surface area contributed by atoms with E-state index in [1.165, 1.54) is 12.4 Å². The second-order valence-electron chi connectivity index (χ2n) is 6.77. The van der Waals surface area contributed by atoms with Crippen LogP contribution in [0.5, 0.6) is 17.4 Å². The Morgan fingerprint density at radius 1 is 1.06 bits per heavy atom. The molecule has 5 rings (SSSR count). The van der Waals surface area contributed by atoms with Crippen LogP contribution in [0.2, 0.25) is 0 Å². The lowest BCUT2D eigenvalue weighted by Gasteiger charge is -2.10. The highest BCUT2D eigenvalue weighted by Crippen LogP contribution is 2.29. The Kier molecular flexibility index (Phi) is 4.75. The normalized spacial score (nSPS) is 12.8. The minimum atomic E-state index is -3.71. The zero-order valence-corrected chi connectivity index (χ0v) is 17.0. The first-order valence-electron chi connectivity index (χ1n) is 9.45. The molecule has 0 saturated heterocycles. The molecule has 0 amide bonds. The number of nitrogens with zero attached hydrogens (tertiary/aromatic N) is 4. The van der Waals surface area contributed by atoms with Crippen molar-refractivity contribution in [1.82, 2.24) is 19.7 Å². The SMILES string of the molecule is O=S(=O)(Nc1ccc(Oc2cc(-n3cccn3)ncn2)cc1)c1ccc2c(c1)CCO2. The number of benzene rings is 2. The lowest BCUT2D eigenvalue weighted by atomic mass is 10.2. The second kappa shape index (κ2) is 7.73. The van der Waals surface area contributed by atoms with Crippen LogP contribution < -0.4 is 14.2 Å². The summed E-state index contributed by atoms with van der Waals surface area (Å²) in [5.41, 5.74) is 1.31. The molecule has 10 heteroatoms. The molecule has 0 fully saturated rings. The van der Waals surface area contributed by atoms with E-state index in [-0.39, 0.29) is 4.90 Å². The van der Waals surface area contributed by atoms with E-state index < -0.39 is 10.0 Å². The van der Waals surface area contributed by atoms with Crippen LogP contribution in [-0.4, -0.2) is 34.8 Å². The Bertz CT molecular complexity index is 1320. The van der Waals surface area contributed by atoms with Crippen LogP contribution in [0.25, 0.3) is 5.82 Å². The van der Waals surface area contributed by atoms with E-state index in [2.05, 4.69) is 19.8 Å². The average molecular weight is 435 g/mol. The number of nitrogens with one attached hydrogen (secondary N) is 1. The van der Waals surface area contributed by atoms with E-state index in [4.69, 9.17) is 9.47 Å². The molecule has 2 aromatic heterocycles. The first-order valence-corrected chi connectivity index (χ1v) is 10.9. The quantitative estimate of drug-likeness (QED) is 0.495. The summed E-state index contributed by atoms with van der Waals surface area (Å²) in [5, 5.41) is 4.12. The van der Waals surface area contributed by atoms with E-state index in [1.54, 1.807) is 65.6 Å². The van der Waals surface area contributed by atoms with Gasteiger partial charge in [0.05, 0.1) is 11.5 Å². The Morgan fingerprint density at radius 3 is 2.74 bits per heavy atom. The van der Waals surface area contributed by atoms with E-state index in [0.29, 0.717) is 36.2 Å². The molecule has 0 aliphatic carbocycles. The van der Waals surface area contributed by atoms with Gasteiger partial charge in [0.1, 0.15) is 17.8 Å². The maximum atomic E-state index is 12.7. The minimum Gasteiger partial charge on any atom is -0.493 e. The lowest BCUT2D eigenvalue weighted by Crippen LogP contribution is -2.13.